The van der Waals surface area contributed by atoms with Crippen LogP contribution in [0.25, 0.3) is 0 Å². The summed E-state index contributed by atoms with van der Waals surface area (Å²) in [5.41, 5.74) is -0.420. The lowest BCUT2D eigenvalue weighted by Crippen LogP contribution is -2.35. The van der Waals surface area contributed by atoms with Crippen LogP contribution in [0.4, 0.5) is 23.7 Å². The Morgan fingerprint density at radius 2 is 1.75 bits per heavy atom. The number of para-hydroxylation sites is 1. The molecule has 1 fully saturated rings. The topological polar surface area (TPSA) is 59.6 Å². The number of carbonyl (C=O) groups excluding carboxylic acids is 1. The van der Waals surface area contributed by atoms with Gasteiger partial charge >= 0.3 is 12.2 Å². The number of rotatable bonds is 6. The molecular weight excluding hydrogens is 373 g/mol. The fourth-order valence-electron chi connectivity index (χ4n) is 3.14. The monoisotopic (exact) mass is 394 g/mol. The maximum absolute atomic E-state index is 13.0. The minimum absolute atomic E-state index is 0.250. The van der Waals surface area contributed by atoms with Crippen LogP contribution in [0, 0.1) is 0 Å². The molecule has 0 bridgehead atoms. The molecule has 0 atom stereocenters. The molecule has 0 aromatic heterocycles. The normalized spacial score (nSPS) is 14.9. The van der Waals surface area contributed by atoms with Gasteiger partial charge in [-0.15, -0.1) is 0 Å². The molecule has 0 saturated heterocycles. The molecule has 1 aliphatic carbocycles. The second kappa shape index (κ2) is 7.61. The Morgan fingerprint density at radius 1 is 1.07 bits per heavy atom. The number of hydrogen-bond donors (Lipinski definition) is 2. The molecule has 2 aromatic rings. The molecule has 1 saturated carbocycles. The molecular formula is C20H21F3N2O3. The van der Waals surface area contributed by atoms with Gasteiger partial charge in [-0.1, -0.05) is 18.2 Å². The van der Waals surface area contributed by atoms with Crippen LogP contribution in [0.1, 0.15) is 24.0 Å². The van der Waals surface area contributed by atoms with Gasteiger partial charge in [0.05, 0.1) is 25.5 Å². The van der Waals surface area contributed by atoms with Crippen molar-refractivity contribution >= 4 is 11.7 Å². The van der Waals surface area contributed by atoms with Crippen LogP contribution >= 0.6 is 0 Å². The molecule has 8 heteroatoms. The number of benzene rings is 2. The Kier molecular flexibility index (Phi) is 5.40. The van der Waals surface area contributed by atoms with E-state index in [4.69, 9.17) is 9.47 Å². The van der Waals surface area contributed by atoms with Gasteiger partial charge in [0.1, 0.15) is 0 Å². The summed E-state index contributed by atoms with van der Waals surface area (Å²) < 4.78 is 49.7. The lowest BCUT2D eigenvalue weighted by Gasteiger charge is -2.19. The standard InChI is InChI=1S/C20H21F3N2O3/c1-27-16-8-7-13(11-17(16)28-2)19(9-10-19)12-24-18(26)25-15-6-4-3-5-14(15)20(21,22)23/h3-8,11H,9-10,12H2,1-2H3,(H2,24,25,26). The van der Waals surface area contributed by atoms with Crippen molar-refractivity contribution in [3.8, 4) is 11.5 Å². The zero-order chi connectivity index (χ0) is 20.4. The molecule has 2 N–H and O–H groups in total. The highest BCUT2D eigenvalue weighted by molar-refractivity contribution is 5.90. The third-order valence-electron chi connectivity index (χ3n) is 4.92. The molecule has 1 aliphatic rings. The molecule has 2 amide bonds. The number of amides is 2. The van der Waals surface area contributed by atoms with Crippen molar-refractivity contribution in [1.82, 2.24) is 5.32 Å². The summed E-state index contributed by atoms with van der Waals surface area (Å²) in [4.78, 5) is 12.2. The van der Waals surface area contributed by atoms with E-state index in [1.807, 2.05) is 12.1 Å². The summed E-state index contributed by atoms with van der Waals surface area (Å²) in [6.07, 6.45) is -2.81. The Bertz CT molecular complexity index is 864. The van der Waals surface area contributed by atoms with Gasteiger partial charge in [0.25, 0.3) is 0 Å². The third-order valence-corrected chi connectivity index (χ3v) is 4.92. The summed E-state index contributed by atoms with van der Waals surface area (Å²) in [6.45, 7) is 0.308. The van der Waals surface area contributed by atoms with Gasteiger partial charge in [-0.2, -0.15) is 13.2 Å². The zero-order valence-corrected chi connectivity index (χ0v) is 15.5. The predicted molar refractivity (Wildman–Crippen MR) is 98.9 cm³/mol. The first-order valence-corrected chi connectivity index (χ1v) is 8.73. The number of hydrogen-bond acceptors (Lipinski definition) is 3. The highest BCUT2D eigenvalue weighted by Crippen LogP contribution is 2.49. The Labute approximate surface area is 160 Å². The highest BCUT2D eigenvalue weighted by atomic mass is 19.4. The van der Waals surface area contributed by atoms with Crippen molar-refractivity contribution in [1.29, 1.82) is 0 Å². The van der Waals surface area contributed by atoms with Crippen LogP contribution in [0.5, 0.6) is 11.5 Å². The van der Waals surface area contributed by atoms with E-state index in [0.717, 1.165) is 24.5 Å². The summed E-state index contributed by atoms with van der Waals surface area (Å²) in [5, 5.41) is 4.98. The number of nitrogens with one attached hydrogen (secondary N) is 2. The van der Waals surface area contributed by atoms with E-state index in [-0.39, 0.29) is 11.1 Å². The number of alkyl halides is 3. The van der Waals surface area contributed by atoms with Crippen LogP contribution in [-0.4, -0.2) is 26.8 Å². The van der Waals surface area contributed by atoms with Gasteiger partial charge in [0.2, 0.25) is 0 Å². The predicted octanol–water partition coefficient (Wildman–Crippen LogP) is 4.58. The van der Waals surface area contributed by atoms with Gasteiger partial charge in [-0.25, -0.2) is 4.79 Å². The number of ether oxygens (including phenoxy) is 2. The second-order valence-electron chi connectivity index (χ2n) is 6.70. The van der Waals surface area contributed by atoms with Crippen LogP contribution in [-0.2, 0) is 11.6 Å². The first kappa shape index (κ1) is 19.9. The van der Waals surface area contributed by atoms with Crippen molar-refractivity contribution in [2.45, 2.75) is 24.4 Å². The summed E-state index contributed by atoms with van der Waals surface area (Å²) in [6, 6.07) is 9.78. The quantitative estimate of drug-likeness (QED) is 0.754. The Morgan fingerprint density at radius 3 is 2.36 bits per heavy atom. The van der Waals surface area contributed by atoms with E-state index >= 15 is 0 Å². The minimum Gasteiger partial charge on any atom is -0.493 e. The van der Waals surface area contributed by atoms with Crippen molar-refractivity contribution in [2.24, 2.45) is 0 Å². The largest absolute Gasteiger partial charge is 0.493 e. The van der Waals surface area contributed by atoms with E-state index in [9.17, 15) is 18.0 Å². The SMILES string of the molecule is COc1ccc(C2(CNC(=O)Nc3ccccc3C(F)(F)F)CC2)cc1OC. The van der Waals surface area contributed by atoms with E-state index in [0.29, 0.717) is 18.0 Å². The highest BCUT2D eigenvalue weighted by Gasteiger charge is 2.45. The minimum atomic E-state index is -4.54. The third kappa shape index (κ3) is 4.16. The maximum Gasteiger partial charge on any atom is 0.418 e. The van der Waals surface area contributed by atoms with Crippen molar-refractivity contribution in [2.75, 3.05) is 26.1 Å². The Balaban J connectivity index is 1.67. The molecule has 0 unspecified atom stereocenters. The zero-order valence-electron chi connectivity index (χ0n) is 15.5. The average molecular weight is 394 g/mol. The van der Waals surface area contributed by atoms with Crippen LogP contribution in [0.3, 0.4) is 0 Å². The molecule has 28 heavy (non-hydrogen) atoms. The molecule has 2 aromatic carbocycles. The number of methoxy groups -OCH3 is 2. The van der Waals surface area contributed by atoms with E-state index < -0.39 is 17.8 Å². The lowest BCUT2D eigenvalue weighted by molar-refractivity contribution is -0.136. The van der Waals surface area contributed by atoms with Gasteiger partial charge in [-0.05, 0) is 42.7 Å². The summed E-state index contributed by atoms with van der Waals surface area (Å²) in [7, 11) is 3.10. The second-order valence-corrected chi connectivity index (χ2v) is 6.70. The molecule has 150 valence electrons. The first-order valence-electron chi connectivity index (χ1n) is 8.73. The Hall–Kier alpha value is -2.90. The fourth-order valence-corrected chi connectivity index (χ4v) is 3.14. The van der Waals surface area contributed by atoms with Crippen molar-refractivity contribution < 1.29 is 27.4 Å². The number of carbonyl (C=O) groups is 1. The molecule has 0 spiro atoms. The molecule has 0 aliphatic heterocycles. The van der Waals surface area contributed by atoms with Crippen molar-refractivity contribution in [3.05, 3.63) is 53.6 Å². The lowest BCUT2D eigenvalue weighted by atomic mass is 9.95. The van der Waals surface area contributed by atoms with Gasteiger partial charge < -0.3 is 20.1 Å². The summed E-state index contributed by atoms with van der Waals surface area (Å²) in [5.74, 6) is 1.20. The van der Waals surface area contributed by atoms with E-state index in [1.165, 1.54) is 18.2 Å². The first-order chi connectivity index (χ1) is 13.3. The number of urea groups is 1. The van der Waals surface area contributed by atoms with Crippen LogP contribution in [0.2, 0.25) is 0 Å². The van der Waals surface area contributed by atoms with Crippen LogP contribution < -0.4 is 20.1 Å². The van der Waals surface area contributed by atoms with Gasteiger partial charge in [-0.3, -0.25) is 0 Å². The van der Waals surface area contributed by atoms with E-state index in [2.05, 4.69) is 10.6 Å². The van der Waals surface area contributed by atoms with Crippen molar-refractivity contribution in [3.63, 3.8) is 0 Å². The average Bonchev–Trinajstić information content (AvgIpc) is 3.46. The molecule has 0 radical (unpaired) electrons. The van der Waals surface area contributed by atoms with Gasteiger partial charge in [0.15, 0.2) is 11.5 Å². The maximum atomic E-state index is 13.0. The smallest absolute Gasteiger partial charge is 0.418 e. The number of anilines is 1. The number of halogens is 3. The van der Waals surface area contributed by atoms with Crippen LogP contribution in [0.15, 0.2) is 42.5 Å². The molecule has 3 rings (SSSR count). The fraction of sp³-hybridized carbons (Fsp3) is 0.350. The van der Waals surface area contributed by atoms with Gasteiger partial charge in [0, 0.05) is 12.0 Å². The summed E-state index contributed by atoms with van der Waals surface area (Å²) >= 11 is 0. The molecule has 0 heterocycles. The van der Waals surface area contributed by atoms with E-state index in [1.54, 1.807) is 20.3 Å². The molecule has 5 nitrogen and oxygen atoms in total.